The van der Waals surface area contributed by atoms with Crippen molar-refractivity contribution in [2.45, 2.75) is 78.9 Å². The second-order valence-electron chi connectivity index (χ2n) is 10.5. The van der Waals surface area contributed by atoms with Crippen molar-refractivity contribution < 1.29 is 22.4 Å². The number of hydrogen-bond acceptors (Lipinski definition) is 4. The van der Waals surface area contributed by atoms with Gasteiger partial charge >= 0.3 is 0 Å². The summed E-state index contributed by atoms with van der Waals surface area (Å²) in [4.78, 5) is 28.1. The van der Waals surface area contributed by atoms with E-state index >= 15 is 0 Å². The Balaban J connectivity index is 2.27. The van der Waals surface area contributed by atoms with Crippen molar-refractivity contribution in [2.75, 3.05) is 17.1 Å². The van der Waals surface area contributed by atoms with E-state index in [4.69, 9.17) is 0 Å². The Bertz CT molecular complexity index is 1190. The monoisotopic (exact) mass is 533 g/mol. The number of sulfonamides is 1. The first kappa shape index (κ1) is 30.3. The molecule has 0 aliphatic heterocycles. The Kier molecular flexibility index (Phi) is 10.3. The van der Waals surface area contributed by atoms with Crippen LogP contribution in [-0.4, -0.2) is 49.5 Å². The van der Waals surface area contributed by atoms with Gasteiger partial charge in [-0.15, -0.1) is 0 Å². The summed E-state index contributed by atoms with van der Waals surface area (Å²) in [6.45, 7) is 11.5. The van der Waals surface area contributed by atoms with Crippen LogP contribution in [0.3, 0.4) is 0 Å². The van der Waals surface area contributed by atoms with Crippen molar-refractivity contribution in [1.82, 2.24) is 10.2 Å². The summed E-state index contributed by atoms with van der Waals surface area (Å²) in [6.07, 6.45) is 1.88. The molecule has 0 heterocycles. The molecular weight excluding hydrogens is 493 g/mol. The van der Waals surface area contributed by atoms with Crippen molar-refractivity contribution in [1.29, 1.82) is 0 Å². The van der Waals surface area contributed by atoms with Gasteiger partial charge in [-0.05, 0) is 82.3 Å². The first-order chi connectivity index (χ1) is 17.1. The first-order valence-corrected chi connectivity index (χ1v) is 14.4. The lowest BCUT2D eigenvalue weighted by Gasteiger charge is -2.33. The number of hydrogen-bond donors (Lipinski definition) is 1. The van der Waals surface area contributed by atoms with Crippen LogP contribution < -0.4 is 9.62 Å². The van der Waals surface area contributed by atoms with Gasteiger partial charge in [-0.25, -0.2) is 12.8 Å². The minimum absolute atomic E-state index is 0.0530. The minimum Gasteiger partial charge on any atom is -0.350 e. The average Bonchev–Trinajstić information content (AvgIpc) is 2.78. The zero-order chi connectivity index (χ0) is 28.0. The third kappa shape index (κ3) is 8.84. The molecule has 2 aromatic rings. The topological polar surface area (TPSA) is 86.8 Å². The van der Waals surface area contributed by atoms with Crippen LogP contribution >= 0.6 is 0 Å². The molecule has 1 unspecified atom stereocenters. The number of halogens is 1. The van der Waals surface area contributed by atoms with Crippen LogP contribution in [0, 0.1) is 19.7 Å². The molecule has 0 aliphatic rings. The van der Waals surface area contributed by atoms with Crippen LogP contribution in [0.15, 0.2) is 42.5 Å². The maximum Gasteiger partial charge on any atom is 0.243 e. The van der Waals surface area contributed by atoms with E-state index in [2.05, 4.69) is 5.32 Å². The predicted octanol–water partition coefficient (Wildman–Crippen LogP) is 4.71. The molecule has 204 valence electrons. The van der Waals surface area contributed by atoms with Crippen molar-refractivity contribution in [3.8, 4) is 0 Å². The smallest absolute Gasteiger partial charge is 0.243 e. The number of carbonyl (C=O) groups excluding carboxylic acids is 2. The molecule has 0 aromatic heterocycles. The molecule has 7 nitrogen and oxygen atoms in total. The zero-order valence-electron chi connectivity index (χ0n) is 23.0. The van der Waals surface area contributed by atoms with Gasteiger partial charge in [0.2, 0.25) is 21.8 Å². The highest BCUT2D eigenvalue weighted by atomic mass is 32.2. The molecule has 0 radical (unpaired) electrons. The molecule has 2 rings (SSSR count). The Morgan fingerprint density at radius 3 is 2.22 bits per heavy atom. The molecule has 2 aromatic carbocycles. The summed E-state index contributed by atoms with van der Waals surface area (Å²) in [5.74, 6) is -0.917. The van der Waals surface area contributed by atoms with Crippen LogP contribution in [0.4, 0.5) is 10.1 Å². The fraction of sp³-hybridized carbons (Fsp3) is 0.500. The molecule has 0 bridgehead atoms. The fourth-order valence-electron chi connectivity index (χ4n) is 4.15. The van der Waals surface area contributed by atoms with Gasteiger partial charge in [-0.2, -0.15) is 0 Å². The van der Waals surface area contributed by atoms with E-state index < -0.39 is 21.6 Å². The Labute approximate surface area is 221 Å². The molecular formula is C28H40FN3O4S. The number of carbonyl (C=O) groups is 2. The van der Waals surface area contributed by atoms with Crippen molar-refractivity contribution in [3.05, 3.63) is 65.0 Å². The van der Waals surface area contributed by atoms with Gasteiger partial charge in [-0.1, -0.05) is 31.2 Å². The molecule has 0 saturated carbocycles. The Hall–Kier alpha value is -2.94. The lowest BCUT2D eigenvalue weighted by Crippen LogP contribution is -2.53. The standard InChI is InChI=1S/C28H40FN3O4S/c1-8-24(27(34)30-28(4,5)6)31(19-22-14-16-23(29)17-15-22)26(33)13-10-18-32(37(7,35)36)25-12-9-11-20(2)21(25)3/h9,11-12,14-17,24H,8,10,13,18-19H2,1-7H3,(H,30,34). The van der Waals surface area contributed by atoms with Gasteiger partial charge in [0, 0.05) is 25.0 Å². The van der Waals surface area contributed by atoms with Crippen LogP contribution in [0.1, 0.15) is 63.6 Å². The molecule has 0 spiro atoms. The fourth-order valence-corrected chi connectivity index (χ4v) is 5.16. The molecule has 9 heteroatoms. The number of rotatable bonds is 11. The van der Waals surface area contributed by atoms with E-state index in [1.165, 1.54) is 21.3 Å². The largest absolute Gasteiger partial charge is 0.350 e. The highest BCUT2D eigenvalue weighted by Crippen LogP contribution is 2.25. The third-order valence-corrected chi connectivity index (χ3v) is 7.33. The summed E-state index contributed by atoms with van der Waals surface area (Å²) in [7, 11) is -3.57. The molecule has 2 amide bonds. The third-order valence-electron chi connectivity index (χ3n) is 6.15. The molecule has 1 atom stereocenters. The van der Waals surface area contributed by atoms with Gasteiger partial charge < -0.3 is 10.2 Å². The first-order valence-electron chi connectivity index (χ1n) is 12.5. The number of anilines is 1. The molecule has 0 fully saturated rings. The van der Waals surface area contributed by atoms with Gasteiger partial charge in [0.1, 0.15) is 11.9 Å². The summed E-state index contributed by atoms with van der Waals surface area (Å²) >= 11 is 0. The van der Waals surface area contributed by atoms with Gasteiger partial charge in [-0.3, -0.25) is 13.9 Å². The second kappa shape index (κ2) is 12.5. The second-order valence-corrected chi connectivity index (χ2v) is 12.4. The van der Waals surface area contributed by atoms with Gasteiger partial charge in [0.25, 0.3) is 0 Å². The molecule has 37 heavy (non-hydrogen) atoms. The highest BCUT2D eigenvalue weighted by molar-refractivity contribution is 7.92. The van der Waals surface area contributed by atoms with Crippen LogP contribution in [-0.2, 0) is 26.2 Å². The lowest BCUT2D eigenvalue weighted by molar-refractivity contribution is -0.142. The van der Waals surface area contributed by atoms with E-state index in [9.17, 15) is 22.4 Å². The van der Waals surface area contributed by atoms with Crippen LogP contribution in [0.2, 0.25) is 0 Å². The summed E-state index contributed by atoms with van der Waals surface area (Å²) in [5.41, 5.74) is 2.65. The van der Waals surface area contributed by atoms with Crippen LogP contribution in [0.25, 0.3) is 0 Å². The van der Waals surface area contributed by atoms with E-state index in [1.807, 2.05) is 53.7 Å². The Morgan fingerprint density at radius 2 is 1.68 bits per heavy atom. The van der Waals surface area contributed by atoms with E-state index in [0.717, 1.165) is 17.4 Å². The minimum atomic E-state index is -3.57. The Morgan fingerprint density at radius 1 is 1.05 bits per heavy atom. The van der Waals surface area contributed by atoms with E-state index in [0.29, 0.717) is 17.7 Å². The maximum atomic E-state index is 13.5. The van der Waals surface area contributed by atoms with Crippen LogP contribution in [0.5, 0.6) is 0 Å². The molecule has 0 aliphatic carbocycles. The predicted molar refractivity (Wildman–Crippen MR) is 146 cm³/mol. The molecule has 0 saturated heterocycles. The molecule has 1 N–H and O–H groups in total. The lowest BCUT2D eigenvalue weighted by atomic mass is 10.0. The number of nitrogens with one attached hydrogen (secondary N) is 1. The van der Waals surface area contributed by atoms with E-state index in [-0.39, 0.29) is 43.6 Å². The maximum absolute atomic E-state index is 13.5. The number of nitrogens with zero attached hydrogens (tertiary/aromatic N) is 2. The summed E-state index contributed by atoms with van der Waals surface area (Å²) < 4.78 is 40.0. The average molecular weight is 534 g/mol. The van der Waals surface area contributed by atoms with E-state index in [1.54, 1.807) is 18.2 Å². The van der Waals surface area contributed by atoms with Gasteiger partial charge in [0.15, 0.2) is 0 Å². The van der Waals surface area contributed by atoms with Crippen molar-refractivity contribution in [2.24, 2.45) is 0 Å². The highest BCUT2D eigenvalue weighted by Gasteiger charge is 2.31. The van der Waals surface area contributed by atoms with Gasteiger partial charge in [0.05, 0.1) is 11.9 Å². The number of aryl methyl sites for hydroxylation is 1. The van der Waals surface area contributed by atoms with Crippen molar-refractivity contribution >= 4 is 27.5 Å². The normalized spacial score (nSPS) is 12.6. The SMILES string of the molecule is CCC(C(=O)NC(C)(C)C)N(Cc1ccc(F)cc1)C(=O)CCCN(c1cccc(C)c1C)S(C)(=O)=O. The quantitative estimate of drug-likeness (QED) is 0.453. The number of amides is 2. The summed E-state index contributed by atoms with van der Waals surface area (Å²) in [5, 5.41) is 2.95. The number of benzene rings is 2. The summed E-state index contributed by atoms with van der Waals surface area (Å²) in [6, 6.07) is 10.6. The van der Waals surface area contributed by atoms with Crippen molar-refractivity contribution in [3.63, 3.8) is 0 Å². The zero-order valence-corrected chi connectivity index (χ0v) is 23.8.